The van der Waals surface area contributed by atoms with Crippen molar-refractivity contribution < 1.29 is 14.8 Å². The van der Waals surface area contributed by atoms with Gasteiger partial charge >= 0.3 is 0 Å². The number of carbonyl (C=O) groups excluding carboxylic acids is 2. The highest BCUT2D eigenvalue weighted by molar-refractivity contribution is 7.99. The molecule has 0 radical (unpaired) electrons. The molecule has 1 aromatic carbocycles. The van der Waals surface area contributed by atoms with E-state index in [2.05, 4.69) is 5.16 Å². The highest BCUT2D eigenvalue weighted by Crippen LogP contribution is 2.30. The molecule has 26 heavy (non-hydrogen) atoms. The first-order valence-electron chi connectivity index (χ1n) is 8.84. The van der Waals surface area contributed by atoms with Crippen molar-refractivity contribution in [2.24, 2.45) is 5.16 Å². The van der Waals surface area contributed by atoms with Crippen molar-refractivity contribution in [3.8, 4) is 0 Å². The maximum Gasteiger partial charge on any atom is 0.250 e. The van der Waals surface area contributed by atoms with Crippen LogP contribution in [0.15, 0.2) is 35.0 Å². The largest absolute Gasteiger partial charge is 0.411 e. The summed E-state index contributed by atoms with van der Waals surface area (Å²) in [6, 6.07) is 7.39. The average molecular weight is 371 g/mol. The van der Waals surface area contributed by atoms with E-state index in [-0.39, 0.29) is 17.9 Å². The maximum atomic E-state index is 13.1. The Morgan fingerprint density at radius 1 is 1.27 bits per heavy atom. The standard InChI is InChI=1S/C19H21N3O3S/c23-18(15-8-13-4-1-2-5-14(13)9-15)21-7-3-6-17(21)19(24)22-12-26-11-16(22)10-20-25/h1-2,4-5,8,10,16-17,25H,3,6-7,9,11-12H2/t16-,17+/m1/s1. The summed E-state index contributed by atoms with van der Waals surface area (Å²) in [7, 11) is 0. The molecule has 2 aliphatic heterocycles. The zero-order chi connectivity index (χ0) is 18.1. The van der Waals surface area contributed by atoms with Gasteiger partial charge in [-0.1, -0.05) is 29.4 Å². The fourth-order valence-electron chi connectivity index (χ4n) is 3.94. The smallest absolute Gasteiger partial charge is 0.250 e. The van der Waals surface area contributed by atoms with Crippen molar-refractivity contribution in [3.63, 3.8) is 0 Å². The highest BCUT2D eigenvalue weighted by atomic mass is 32.2. The predicted octanol–water partition coefficient (Wildman–Crippen LogP) is 1.98. The van der Waals surface area contributed by atoms with Crippen molar-refractivity contribution in [1.82, 2.24) is 9.80 Å². The number of nitrogens with zero attached hydrogens (tertiary/aromatic N) is 3. The van der Waals surface area contributed by atoms with Gasteiger partial charge in [0.1, 0.15) is 6.04 Å². The Kier molecular flexibility index (Phi) is 4.72. The number of thioether (sulfide) groups is 1. The van der Waals surface area contributed by atoms with Gasteiger partial charge in [-0.3, -0.25) is 9.59 Å². The first-order chi connectivity index (χ1) is 12.7. The number of carbonyl (C=O) groups is 2. The van der Waals surface area contributed by atoms with Crippen LogP contribution in [-0.2, 0) is 16.0 Å². The Labute approximate surface area is 156 Å². The van der Waals surface area contributed by atoms with Crippen LogP contribution in [-0.4, -0.2) is 63.3 Å². The molecule has 7 heteroatoms. The molecule has 136 valence electrons. The molecule has 1 N–H and O–H groups in total. The van der Waals surface area contributed by atoms with E-state index in [1.54, 1.807) is 21.6 Å². The van der Waals surface area contributed by atoms with Crippen LogP contribution >= 0.6 is 11.8 Å². The molecule has 2 atom stereocenters. The lowest BCUT2D eigenvalue weighted by Gasteiger charge is -2.29. The van der Waals surface area contributed by atoms with Gasteiger partial charge in [-0.05, 0) is 30.0 Å². The third-order valence-corrected chi connectivity index (χ3v) is 6.32. The molecule has 3 aliphatic rings. The normalized spacial score (nSPS) is 25.0. The molecule has 0 aromatic heterocycles. The zero-order valence-corrected chi connectivity index (χ0v) is 15.2. The lowest BCUT2D eigenvalue weighted by molar-refractivity contribution is -0.141. The van der Waals surface area contributed by atoms with Crippen molar-refractivity contribution in [1.29, 1.82) is 0 Å². The molecule has 2 amide bonds. The van der Waals surface area contributed by atoms with Crippen molar-refractivity contribution in [2.45, 2.75) is 31.3 Å². The van der Waals surface area contributed by atoms with E-state index >= 15 is 0 Å². The molecule has 0 saturated carbocycles. The molecule has 2 saturated heterocycles. The summed E-state index contributed by atoms with van der Waals surface area (Å²) >= 11 is 1.63. The van der Waals surface area contributed by atoms with Gasteiger partial charge in [-0.25, -0.2) is 0 Å². The Balaban J connectivity index is 1.50. The monoisotopic (exact) mass is 371 g/mol. The average Bonchev–Trinajstić information content (AvgIpc) is 3.39. The van der Waals surface area contributed by atoms with Gasteiger partial charge in [-0.2, -0.15) is 0 Å². The summed E-state index contributed by atoms with van der Waals surface area (Å²) in [5.74, 6) is 1.22. The Morgan fingerprint density at radius 2 is 2.12 bits per heavy atom. The minimum absolute atomic E-state index is 0.0312. The second-order valence-corrected chi connectivity index (χ2v) is 7.84. The second kappa shape index (κ2) is 7.15. The van der Waals surface area contributed by atoms with Gasteiger partial charge in [0, 0.05) is 24.3 Å². The Hall–Kier alpha value is -2.28. The van der Waals surface area contributed by atoms with E-state index in [9.17, 15) is 9.59 Å². The fourth-order valence-corrected chi connectivity index (χ4v) is 5.07. The lowest BCUT2D eigenvalue weighted by atomic mass is 10.1. The van der Waals surface area contributed by atoms with Crippen LogP contribution < -0.4 is 0 Å². The molecule has 0 bridgehead atoms. The third kappa shape index (κ3) is 3.00. The molecule has 0 spiro atoms. The van der Waals surface area contributed by atoms with Gasteiger partial charge in [0.15, 0.2) is 0 Å². The molecule has 4 rings (SSSR count). The predicted molar refractivity (Wildman–Crippen MR) is 101 cm³/mol. The third-order valence-electron chi connectivity index (χ3n) is 5.28. The van der Waals surface area contributed by atoms with Gasteiger partial charge in [-0.15, -0.1) is 11.8 Å². The molecular formula is C19H21N3O3S. The highest BCUT2D eigenvalue weighted by Gasteiger charge is 2.41. The van der Waals surface area contributed by atoms with Crippen LogP contribution in [0.25, 0.3) is 6.08 Å². The van der Waals surface area contributed by atoms with E-state index in [0.717, 1.165) is 28.9 Å². The van der Waals surface area contributed by atoms with Crippen LogP contribution in [0.2, 0.25) is 0 Å². The fraction of sp³-hybridized carbons (Fsp3) is 0.421. The van der Waals surface area contributed by atoms with Crippen LogP contribution in [0.1, 0.15) is 24.0 Å². The lowest BCUT2D eigenvalue weighted by Crippen LogP contribution is -2.50. The Morgan fingerprint density at radius 3 is 2.92 bits per heavy atom. The van der Waals surface area contributed by atoms with Gasteiger partial charge in [0.2, 0.25) is 5.91 Å². The van der Waals surface area contributed by atoms with Crippen molar-refractivity contribution in [2.75, 3.05) is 18.2 Å². The first kappa shape index (κ1) is 17.1. The van der Waals surface area contributed by atoms with Gasteiger partial charge in [0.05, 0.1) is 18.1 Å². The second-order valence-electron chi connectivity index (χ2n) is 6.84. The quantitative estimate of drug-likeness (QED) is 0.501. The van der Waals surface area contributed by atoms with Crippen LogP contribution in [0.3, 0.4) is 0 Å². The summed E-state index contributed by atoms with van der Waals surface area (Å²) in [4.78, 5) is 29.6. The molecule has 2 heterocycles. The van der Waals surface area contributed by atoms with Gasteiger partial charge in [0.25, 0.3) is 5.91 Å². The maximum absolute atomic E-state index is 13.1. The van der Waals surface area contributed by atoms with E-state index in [1.807, 2.05) is 30.3 Å². The topological polar surface area (TPSA) is 73.2 Å². The van der Waals surface area contributed by atoms with Crippen molar-refractivity contribution in [3.05, 3.63) is 41.0 Å². The van der Waals surface area contributed by atoms with Crippen LogP contribution in [0.5, 0.6) is 0 Å². The van der Waals surface area contributed by atoms with E-state index in [0.29, 0.717) is 25.3 Å². The first-order valence-corrected chi connectivity index (χ1v) is 9.99. The number of oxime groups is 1. The Bertz CT molecular complexity index is 792. The summed E-state index contributed by atoms with van der Waals surface area (Å²) in [5, 5.41) is 11.9. The number of hydrogen-bond donors (Lipinski definition) is 1. The number of likely N-dealkylation sites (tertiary alicyclic amines) is 1. The molecule has 6 nitrogen and oxygen atoms in total. The van der Waals surface area contributed by atoms with Crippen molar-refractivity contribution >= 4 is 35.9 Å². The number of hydrogen-bond acceptors (Lipinski definition) is 5. The number of rotatable bonds is 3. The van der Waals surface area contributed by atoms with E-state index < -0.39 is 6.04 Å². The minimum Gasteiger partial charge on any atom is -0.411 e. The molecule has 1 aliphatic carbocycles. The summed E-state index contributed by atoms with van der Waals surface area (Å²) in [6.07, 6.45) is 5.50. The molecule has 2 fully saturated rings. The van der Waals surface area contributed by atoms with Crippen LogP contribution in [0, 0.1) is 0 Å². The number of fused-ring (bicyclic) bond motifs is 1. The number of amides is 2. The summed E-state index contributed by atoms with van der Waals surface area (Å²) in [5.41, 5.74) is 3.01. The van der Waals surface area contributed by atoms with E-state index in [1.165, 1.54) is 6.21 Å². The SMILES string of the molecule is O=C([C@@H]1CCCN1C(=O)C1=Cc2ccccc2C1)N1CSC[C@H]1C=NO. The van der Waals surface area contributed by atoms with Crippen LogP contribution in [0.4, 0.5) is 0 Å². The van der Waals surface area contributed by atoms with E-state index in [4.69, 9.17) is 5.21 Å². The molecule has 0 unspecified atom stereocenters. The minimum atomic E-state index is -0.416. The summed E-state index contributed by atoms with van der Waals surface area (Å²) < 4.78 is 0. The zero-order valence-electron chi connectivity index (χ0n) is 14.4. The van der Waals surface area contributed by atoms with Gasteiger partial charge < -0.3 is 15.0 Å². The summed E-state index contributed by atoms with van der Waals surface area (Å²) in [6.45, 7) is 0.614. The molecular weight excluding hydrogens is 350 g/mol. The number of benzene rings is 1. The molecule has 1 aromatic rings.